The lowest BCUT2D eigenvalue weighted by Gasteiger charge is -2.11. The standard InChI is InChI=1S/C19H18BrN3O2S/c1-11-4-6-14(7-5-11)18-22-23-19(25-18)26-10-17(24)21-16-9-8-15(20)12(2)13(16)3/h4-9H,10H2,1-3H3,(H,21,24). The van der Waals surface area contributed by atoms with Crippen LogP contribution in [0.1, 0.15) is 16.7 Å². The molecule has 134 valence electrons. The summed E-state index contributed by atoms with van der Waals surface area (Å²) in [5, 5.41) is 11.3. The van der Waals surface area contributed by atoms with Gasteiger partial charge in [-0.25, -0.2) is 0 Å². The van der Waals surface area contributed by atoms with Gasteiger partial charge in [-0.1, -0.05) is 45.4 Å². The second-order valence-corrected chi connectivity index (χ2v) is 7.70. The molecule has 0 aliphatic carbocycles. The Labute approximate surface area is 164 Å². The van der Waals surface area contributed by atoms with Crippen LogP contribution in [0.2, 0.25) is 0 Å². The fourth-order valence-corrected chi connectivity index (χ4v) is 3.31. The van der Waals surface area contributed by atoms with Crippen LogP contribution in [0, 0.1) is 20.8 Å². The van der Waals surface area contributed by atoms with Crippen molar-refractivity contribution in [2.45, 2.75) is 26.0 Å². The van der Waals surface area contributed by atoms with Crippen molar-refractivity contribution in [3.8, 4) is 11.5 Å². The predicted molar refractivity (Wildman–Crippen MR) is 107 cm³/mol. The molecule has 0 bridgehead atoms. The van der Waals surface area contributed by atoms with E-state index in [-0.39, 0.29) is 11.7 Å². The van der Waals surface area contributed by atoms with Crippen LogP contribution in [0.4, 0.5) is 5.69 Å². The molecule has 3 rings (SSSR count). The molecule has 5 nitrogen and oxygen atoms in total. The fourth-order valence-electron chi connectivity index (χ4n) is 2.32. The van der Waals surface area contributed by atoms with Crippen LogP contribution in [0.25, 0.3) is 11.5 Å². The molecule has 0 saturated heterocycles. The van der Waals surface area contributed by atoms with Crippen molar-refractivity contribution in [2.75, 3.05) is 11.1 Å². The molecule has 1 heterocycles. The summed E-state index contributed by atoms with van der Waals surface area (Å²) in [6, 6.07) is 11.7. The van der Waals surface area contributed by atoms with E-state index >= 15 is 0 Å². The van der Waals surface area contributed by atoms with E-state index in [2.05, 4.69) is 31.4 Å². The van der Waals surface area contributed by atoms with Crippen molar-refractivity contribution in [1.82, 2.24) is 10.2 Å². The first-order valence-corrected chi connectivity index (χ1v) is 9.81. The van der Waals surface area contributed by atoms with E-state index in [1.807, 2.05) is 57.2 Å². The van der Waals surface area contributed by atoms with Crippen molar-refractivity contribution >= 4 is 39.3 Å². The fraction of sp³-hybridized carbons (Fsp3) is 0.211. The number of hydrogen-bond donors (Lipinski definition) is 1. The Balaban J connectivity index is 1.60. The van der Waals surface area contributed by atoms with Gasteiger partial charge in [0.1, 0.15) is 0 Å². The number of nitrogens with one attached hydrogen (secondary N) is 1. The molecule has 1 amide bonds. The molecule has 1 N–H and O–H groups in total. The van der Waals surface area contributed by atoms with Gasteiger partial charge < -0.3 is 9.73 Å². The Morgan fingerprint density at radius 1 is 1.08 bits per heavy atom. The third-order valence-corrected chi connectivity index (χ3v) is 5.70. The first-order chi connectivity index (χ1) is 12.4. The van der Waals surface area contributed by atoms with E-state index in [1.165, 1.54) is 11.8 Å². The minimum absolute atomic E-state index is 0.116. The zero-order chi connectivity index (χ0) is 18.7. The first-order valence-electron chi connectivity index (χ1n) is 8.03. The molecular formula is C19H18BrN3O2S. The van der Waals surface area contributed by atoms with Gasteiger partial charge in [0.25, 0.3) is 5.22 Å². The average molecular weight is 432 g/mol. The number of thioether (sulfide) groups is 1. The lowest BCUT2D eigenvalue weighted by molar-refractivity contribution is -0.113. The molecule has 1 aromatic heterocycles. The largest absolute Gasteiger partial charge is 0.411 e. The van der Waals surface area contributed by atoms with E-state index in [4.69, 9.17) is 4.42 Å². The molecule has 0 radical (unpaired) electrons. The number of carbonyl (C=O) groups is 1. The zero-order valence-corrected chi connectivity index (χ0v) is 17.1. The predicted octanol–water partition coefficient (Wildman–Crippen LogP) is 5.16. The van der Waals surface area contributed by atoms with Gasteiger partial charge in [-0.2, -0.15) is 0 Å². The summed E-state index contributed by atoms with van der Waals surface area (Å²) in [6.07, 6.45) is 0. The highest BCUT2D eigenvalue weighted by molar-refractivity contribution is 9.10. The van der Waals surface area contributed by atoms with E-state index in [1.54, 1.807) is 0 Å². The Morgan fingerprint density at radius 2 is 1.81 bits per heavy atom. The molecule has 2 aromatic carbocycles. The second kappa shape index (κ2) is 8.05. The smallest absolute Gasteiger partial charge is 0.277 e. The molecule has 0 saturated carbocycles. The average Bonchev–Trinajstić information content (AvgIpc) is 3.10. The van der Waals surface area contributed by atoms with Gasteiger partial charge in [0.05, 0.1) is 5.75 Å². The van der Waals surface area contributed by atoms with Gasteiger partial charge >= 0.3 is 0 Å². The molecular weight excluding hydrogens is 414 g/mol. The lowest BCUT2D eigenvalue weighted by atomic mass is 10.1. The summed E-state index contributed by atoms with van der Waals surface area (Å²) in [5.74, 6) is 0.534. The molecule has 26 heavy (non-hydrogen) atoms. The van der Waals surface area contributed by atoms with Crippen LogP contribution in [0.5, 0.6) is 0 Å². The van der Waals surface area contributed by atoms with Gasteiger partial charge in [0.15, 0.2) is 0 Å². The SMILES string of the molecule is Cc1ccc(-c2nnc(SCC(=O)Nc3ccc(Br)c(C)c3C)o2)cc1. The summed E-state index contributed by atoms with van der Waals surface area (Å²) in [6.45, 7) is 6.01. The summed E-state index contributed by atoms with van der Waals surface area (Å²) in [7, 11) is 0. The summed E-state index contributed by atoms with van der Waals surface area (Å²) < 4.78 is 6.65. The topological polar surface area (TPSA) is 68.0 Å². The minimum atomic E-state index is -0.116. The molecule has 0 fully saturated rings. The van der Waals surface area contributed by atoms with Crippen LogP contribution < -0.4 is 5.32 Å². The van der Waals surface area contributed by atoms with E-state index in [9.17, 15) is 4.79 Å². The highest BCUT2D eigenvalue weighted by atomic mass is 79.9. The number of rotatable bonds is 5. The van der Waals surface area contributed by atoms with Crippen LogP contribution >= 0.6 is 27.7 Å². The number of aryl methyl sites for hydroxylation is 1. The Bertz CT molecular complexity index is 938. The van der Waals surface area contributed by atoms with Gasteiger partial charge in [-0.05, 0) is 56.2 Å². The number of anilines is 1. The third kappa shape index (κ3) is 4.34. The van der Waals surface area contributed by atoms with Crippen molar-refractivity contribution in [2.24, 2.45) is 0 Å². The second-order valence-electron chi connectivity index (χ2n) is 5.92. The number of halogens is 1. The van der Waals surface area contributed by atoms with Crippen LogP contribution in [-0.2, 0) is 4.79 Å². The minimum Gasteiger partial charge on any atom is -0.411 e. The molecule has 7 heteroatoms. The molecule has 0 aliphatic rings. The Kier molecular flexibility index (Phi) is 5.78. The zero-order valence-electron chi connectivity index (χ0n) is 14.7. The molecule has 0 atom stereocenters. The van der Waals surface area contributed by atoms with Crippen LogP contribution in [0.3, 0.4) is 0 Å². The maximum Gasteiger partial charge on any atom is 0.277 e. The molecule has 0 unspecified atom stereocenters. The summed E-state index contributed by atoms with van der Waals surface area (Å²) in [4.78, 5) is 12.2. The van der Waals surface area contributed by atoms with Crippen molar-refractivity contribution < 1.29 is 9.21 Å². The van der Waals surface area contributed by atoms with E-state index in [0.717, 1.165) is 32.4 Å². The number of benzene rings is 2. The number of carbonyl (C=O) groups excluding carboxylic acids is 1. The van der Waals surface area contributed by atoms with Gasteiger partial charge in [0, 0.05) is 15.7 Å². The molecule has 3 aromatic rings. The van der Waals surface area contributed by atoms with Crippen LogP contribution in [-0.4, -0.2) is 21.9 Å². The Morgan fingerprint density at radius 3 is 2.54 bits per heavy atom. The van der Waals surface area contributed by atoms with Gasteiger partial charge in [-0.15, -0.1) is 10.2 Å². The van der Waals surface area contributed by atoms with Crippen molar-refractivity contribution in [3.05, 3.63) is 57.6 Å². The van der Waals surface area contributed by atoms with Crippen molar-refractivity contribution in [3.63, 3.8) is 0 Å². The lowest BCUT2D eigenvalue weighted by Crippen LogP contribution is -2.15. The maximum atomic E-state index is 12.2. The highest BCUT2D eigenvalue weighted by Crippen LogP contribution is 2.27. The first kappa shape index (κ1) is 18.7. The summed E-state index contributed by atoms with van der Waals surface area (Å²) >= 11 is 4.71. The van der Waals surface area contributed by atoms with Crippen LogP contribution in [0.15, 0.2) is 50.5 Å². The normalized spacial score (nSPS) is 10.8. The summed E-state index contributed by atoms with van der Waals surface area (Å²) in [5.41, 5.74) is 4.98. The molecule has 0 spiro atoms. The quantitative estimate of drug-likeness (QED) is 0.565. The maximum absolute atomic E-state index is 12.2. The van der Waals surface area contributed by atoms with Crippen molar-refractivity contribution in [1.29, 1.82) is 0 Å². The Hall–Kier alpha value is -2.12. The number of aromatic nitrogens is 2. The van der Waals surface area contributed by atoms with Gasteiger partial charge in [-0.3, -0.25) is 4.79 Å². The number of hydrogen-bond acceptors (Lipinski definition) is 5. The van der Waals surface area contributed by atoms with E-state index < -0.39 is 0 Å². The third-order valence-electron chi connectivity index (χ3n) is 4.03. The highest BCUT2D eigenvalue weighted by Gasteiger charge is 2.13. The molecule has 0 aliphatic heterocycles. The number of nitrogens with zero attached hydrogens (tertiary/aromatic N) is 2. The van der Waals surface area contributed by atoms with E-state index in [0.29, 0.717) is 11.1 Å². The van der Waals surface area contributed by atoms with Gasteiger partial charge in [0.2, 0.25) is 11.8 Å². The monoisotopic (exact) mass is 431 g/mol. The number of amides is 1.